The number of fused-ring (bicyclic) bond motifs is 2. The van der Waals surface area contributed by atoms with Gasteiger partial charge < -0.3 is 9.80 Å². The van der Waals surface area contributed by atoms with Gasteiger partial charge in [0.2, 0.25) is 5.91 Å². The molecule has 0 bridgehead atoms. The van der Waals surface area contributed by atoms with Gasteiger partial charge in [0.05, 0.1) is 22.7 Å². The lowest BCUT2D eigenvalue weighted by Gasteiger charge is -2.43. The third-order valence-electron chi connectivity index (χ3n) is 7.21. The number of nitrogens with zero attached hydrogens (tertiary/aromatic N) is 2. The summed E-state index contributed by atoms with van der Waals surface area (Å²) in [4.78, 5) is 31.4. The van der Waals surface area contributed by atoms with Gasteiger partial charge >= 0.3 is 6.18 Å². The van der Waals surface area contributed by atoms with Crippen LogP contribution >= 0.6 is 11.8 Å². The Kier molecular flexibility index (Phi) is 6.66. The minimum atomic E-state index is -4.46. The molecule has 2 fully saturated rings. The van der Waals surface area contributed by atoms with E-state index in [1.165, 1.54) is 35.2 Å². The van der Waals surface area contributed by atoms with Crippen molar-refractivity contribution in [3.63, 3.8) is 0 Å². The highest BCUT2D eigenvalue weighted by Crippen LogP contribution is 2.43. The molecule has 0 aromatic heterocycles. The van der Waals surface area contributed by atoms with Crippen LogP contribution in [-0.4, -0.2) is 29.3 Å². The highest BCUT2D eigenvalue weighted by atomic mass is 32.2. The summed E-state index contributed by atoms with van der Waals surface area (Å²) in [6.07, 6.45) is 3.59. The molecule has 2 atom stereocenters. The summed E-state index contributed by atoms with van der Waals surface area (Å²) >= 11 is 1.25. The number of halogens is 3. The van der Waals surface area contributed by atoms with E-state index < -0.39 is 11.7 Å². The molecule has 184 valence electrons. The van der Waals surface area contributed by atoms with Gasteiger partial charge in [-0.05, 0) is 61.4 Å². The zero-order chi connectivity index (χ0) is 24.6. The molecule has 2 aromatic carbocycles. The van der Waals surface area contributed by atoms with Crippen LogP contribution in [0, 0.1) is 5.92 Å². The van der Waals surface area contributed by atoms with Crippen molar-refractivity contribution in [1.82, 2.24) is 4.90 Å². The average molecular weight is 501 g/mol. The fourth-order valence-electron chi connectivity index (χ4n) is 5.54. The zero-order valence-corrected chi connectivity index (χ0v) is 20.1. The van der Waals surface area contributed by atoms with Crippen LogP contribution < -0.4 is 4.90 Å². The maximum absolute atomic E-state index is 13.5. The van der Waals surface area contributed by atoms with Gasteiger partial charge in [0.25, 0.3) is 5.91 Å². The summed E-state index contributed by atoms with van der Waals surface area (Å²) in [5.74, 6) is 0.0280. The molecule has 5 rings (SSSR count). The molecule has 1 saturated carbocycles. The summed E-state index contributed by atoms with van der Waals surface area (Å²) in [6, 6.07) is 12.5. The Morgan fingerprint density at radius 1 is 1.03 bits per heavy atom. The van der Waals surface area contributed by atoms with Crippen LogP contribution in [0.1, 0.15) is 49.7 Å². The van der Waals surface area contributed by atoms with Crippen LogP contribution in [0.25, 0.3) is 0 Å². The number of hydrogen-bond acceptors (Lipinski definition) is 3. The number of para-hydroxylation sites is 1. The van der Waals surface area contributed by atoms with Crippen molar-refractivity contribution >= 4 is 29.3 Å². The zero-order valence-electron chi connectivity index (χ0n) is 19.3. The van der Waals surface area contributed by atoms with Gasteiger partial charge in [-0.2, -0.15) is 13.2 Å². The van der Waals surface area contributed by atoms with Gasteiger partial charge in [-0.15, -0.1) is 0 Å². The largest absolute Gasteiger partial charge is 0.416 e. The average Bonchev–Trinajstić information content (AvgIpc) is 2.86. The maximum atomic E-state index is 13.5. The van der Waals surface area contributed by atoms with Gasteiger partial charge in [0, 0.05) is 23.6 Å². The molecule has 35 heavy (non-hydrogen) atoms. The Morgan fingerprint density at radius 3 is 2.63 bits per heavy atom. The van der Waals surface area contributed by atoms with Crippen molar-refractivity contribution in [3.8, 4) is 0 Å². The van der Waals surface area contributed by atoms with Crippen LogP contribution in [0.3, 0.4) is 0 Å². The molecule has 2 aliphatic heterocycles. The van der Waals surface area contributed by atoms with Crippen molar-refractivity contribution < 1.29 is 22.8 Å². The molecule has 3 aliphatic rings. The van der Waals surface area contributed by atoms with E-state index in [-0.39, 0.29) is 24.4 Å². The number of carbonyl (C=O) groups excluding carboxylic acids is 2. The first-order chi connectivity index (χ1) is 16.8. The number of thioether (sulfide) groups is 1. The van der Waals surface area contributed by atoms with Gasteiger partial charge in [-0.25, -0.2) is 0 Å². The predicted octanol–water partition coefficient (Wildman–Crippen LogP) is 6.41. The minimum Gasteiger partial charge on any atom is -0.336 e. The topological polar surface area (TPSA) is 40.6 Å². The van der Waals surface area contributed by atoms with Crippen molar-refractivity contribution in [3.05, 3.63) is 70.6 Å². The van der Waals surface area contributed by atoms with Crippen molar-refractivity contribution in [1.29, 1.82) is 0 Å². The lowest BCUT2D eigenvalue weighted by atomic mass is 9.78. The number of piperidine rings is 1. The van der Waals surface area contributed by atoms with Gasteiger partial charge in [-0.3, -0.25) is 9.59 Å². The first kappa shape index (κ1) is 24.0. The summed E-state index contributed by atoms with van der Waals surface area (Å²) < 4.78 is 39.7. The third kappa shape index (κ3) is 4.99. The molecular formula is C27H27F3N2O2S. The van der Waals surface area contributed by atoms with Crippen LogP contribution in [-0.2, 0) is 22.3 Å². The fraction of sp³-hybridized carbons (Fsp3) is 0.407. The van der Waals surface area contributed by atoms with E-state index in [0.29, 0.717) is 28.6 Å². The summed E-state index contributed by atoms with van der Waals surface area (Å²) in [7, 11) is 0. The Hall–Kier alpha value is -2.74. The molecule has 2 unspecified atom stereocenters. The smallest absolute Gasteiger partial charge is 0.336 e. The lowest BCUT2D eigenvalue weighted by molar-refractivity contribution is -0.137. The molecule has 2 aromatic rings. The molecule has 4 nitrogen and oxygen atoms in total. The number of amides is 2. The Labute approximate surface area is 207 Å². The Bertz CT molecular complexity index is 1160. The van der Waals surface area contributed by atoms with Crippen LogP contribution in [0.15, 0.2) is 64.4 Å². The summed E-state index contributed by atoms with van der Waals surface area (Å²) in [5.41, 5.74) is 0.261. The summed E-state index contributed by atoms with van der Waals surface area (Å²) in [6.45, 7) is 0.688. The molecule has 1 saturated heterocycles. The number of carbonyl (C=O) groups is 2. The van der Waals surface area contributed by atoms with E-state index >= 15 is 0 Å². The van der Waals surface area contributed by atoms with Crippen LogP contribution in [0.2, 0.25) is 0 Å². The lowest BCUT2D eigenvalue weighted by Crippen LogP contribution is -2.49. The number of anilines is 1. The highest BCUT2D eigenvalue weighted by molar-refractivity contribution is 8.04. The van der Waals surface area contributed by atoms with Crippen LogP contribution in [0.5, 0.6) is 0 Å². The molecular weight excluding hydrogens is 473 g/mol. The molecule has 1 aliphatic carbocycles. The normalized spacial score (nSPS) is 23.7. The predicted molar refractivity (Wildman–Crippen MR) is 130 cm³/mol. The van der Waals surface area contributed by atoms with Gasteiger partial charge in [-0.1, -0.05) is 48.9 Å². The second-order valence-electron chi connectivity index (χ2n) is 9.45. The minimum absolute atomic E-state index is 0.0136. The number of benzene rings is 2. The first-order valence-electron chi connectivity index (χ1n) is 12.1. The maximum Gasteiger partial charge on any atom is 0.416 e. The van der Waals surface area contributed by atoms with E-state index in [9.17, 15) is 22.8 Å². The SMILES string of the molecule is O=C1C(=CC(=O)N2CCCC3CCCCC32)Sc2ccccc2N1Cc1cccc(C(F)(F)F)c1. The van der Waals surface area contributed by atoms with Crippen LogP contribution in [0.4, 0.5) is 18.9 Å². The Morgan fingerprint density at radius 2 is 1.80 bits per heavy atom. The van der Waals surface area contributed by atoms with Gasteiger partial charge in [0.15, 0.2) is 0 Å². The fourth-order valence-corrected chi connectivity index (χ4v) is 6.56. The molecule has 0 radical (unpaired) electrons. The van der Waals surface area contributed by atoms with Crippen molar-refractivity contribution in [2.45, 2.75) is 62.2 Å². The van der Waals surface area contributed by atoms with E-state index in [1.807, 2.05) is 17.0 Å². The summed E-state index contributed by atoms with van der Waals surface area (Å²) in [5, 5.41) is 0. The molecule has 8 heteroatoms. The first-order valence-corrected chi connectivity index (χ1v) is 12.9. The van der Waals surface area contributed by atoms with E-state index in [4.69, 9.17) is 0 Å². The highest BCUT2D eigenvalue weighted by Gasteiger charge is 2.37. The third-order valence-corrected chi connectivity index (χ3v) is 8.29. The number of rotatable bonds is 3. The van der Waals surface area contributed by atoms with Gasteiger partial charge in [0.1, 0.15) is 0 Å². The van der Waals surface area contributed by atoms with Crippen molar-refractivity contribution in [2.24, 2.45) is 5.92 Å². The quantitative estimate of drug-likeness (QED) is 0.458. The number of likely N-dealkylation sites (tertiary alicyclic amines) is 1. The number of alkyl halides is 3. The van der Waals surface area contributed by atoms with E-state index in [2.05, 4.69) is 0 Å². The van der Waals surface area contributed by atoms with E-state index in [1.54, 1.807) is 18.2 Å². The molecule has 2 heterocycles. The molecule has 0 N–H and O–H groups in total. The van der Waals surface area contributed by atoms with Crippen molar-refractivity contribution in [2.75, 3.05) is 11.4 Å². The standard InChI is InChI=1S/C27H27F3N2O2S/c28-27(29,30)20-10-5-7-18(15-20)17-32-22-12-3-4-13-23(22)35-24(26(32)34)16-25(33)31-14-6-9-19-8-1-2-11-21(19)31/h3-5,7,10,12-13,15-16,19,21H,1-2,6,8-9,11,14,17H2. The second kappa shape index (κ2) is 9.72. The van der Waals surface area contributed by atoms with E-state index in [0.717, 1.165) is 49.1 Å². The number of hydrogen-bond donors (Lipinski definition) is 0. The monoisotopic (exact) mass is 500 g/mol. The second-order valence-corrected chi connectivity index (χ2v) is 10.5. The molecule has 0 spiro atoms. The molecule has 2 amide bonds. The Balaban J connectivity index is 1.43.